The highest BCUT2D eigenvalue weighted by Gasteiger charge is 2.30. The summed E-state index contributed by atoms with van der Waals surface area (Å²) < 4.78 is 5.27. The van der Waals surface area contributed by atoms with E-state index in [1.54, 1.807) is 0 Å². The van der Waals surface area contributed by atoms with Gasteiger partial charge in [-0.3, -0.25) is 4.79 Å². The van der Waals surface area contributed by atoms with Crippen LogP contribution in [0, 0.1) is 17.8 Å². The first-order chi connectivity index (χ1) is 12.5. The zero-order valence-electron chi connectivity index (χ0n) is 20.5. The maximum absolute atomic E-state index is 11.7. The SMILES string of the molecule is C[C@@H](CC(=O)OC(C)(C)C)[C@@H](O)C1CCCC1.C[C@@H](N)[C@@H](O)C1CCCC1.Cl.S.S.S.S. The molecular weight excluding hydrogens is 506 g/mol. The number of aliphatic hydroxyl groups is 2. The Hall–Kier alpha value is 1.04. The highest BCUT2D eigenvalue weighted by Crippen LogP contribution is 2.32. The Morgan fingerprint density at radius 1 is 0.875 bits per heavy atom. The highest BCUT2D eigenvalue weighted by molar-refractivity contribution is 7.59. The molecule has 0 aliphatic heterocycles. The van der Waals surface area contributed by atoms with Crippen molar-refractivity contribution in [3.05, 3.63) is 0 Å². The van der Waals surface area contributed by atoms with Gasteiger partial charge >= 0.3 is 5.97 Å². The van der Waals surface area contributed by atoms with Crippen LogP contribution >= 0.6 is 66.4 Å². The predicted molar refractivity (Wildman–Crippen MR) is 158 cm³/mol. The lowest BCUT2D eigenvalue weighted by Crippen LogP contribution is -2.36. The van der Waals surface area contributed by atoms with Gasteiger partial charge in [0, 0.05) is 6.04 Å². The van der Waals surface area contributed by atoms with E-state index in [1.807, 2.05) is 34.6 Å². The first kappa shape index (κ1) is 43.1. The second kappa shape index (κ2) is 21.3. The maximum Gasteiger partial charge on any atom is 0.306 e. The van der Waals surface area contributed by atoms with Crippen molar-refractivity contribution in [2.24, 2.45) is 23.5 Å². The van der Waals surface area contributed by atoms with Gasteiger partial charge in [0.1, 0.15) is 5.60 Å². The van der Waals surface area contributed by atoms with E-state index in [1.165, 1.54) is 38.5 Å². The molecule has 0 saturated heterocycles. The van der Waals surface area contributed by atoms with Gasteiger partial charge in [0.05, 0.1) is 18.6 Å². The maximum atomic E-state index is 11.7. The zero-order chi connectivity index (χ0) is 20.6. The van der Waals surface area contributed by atoms with E-state index in [-0.39, 0.29) is 96.5 Å². The highest BCUT2D eigenvalue weighted by atomic mass is 35.5. The third-order valence-corrected chi connectivity index (χ3v) is 5.80. The number of hydrogen-bond acceptors (Lipinski definition) is 5. The summed E-state index contributed by atoms with van der Waals surface area (Å²) in [6.45, 7) is 9.41. The second-order valence-electron chi connectivity index (χ2n) is 9.70. The summed E-state index contributed by atoms with van der Waals surface area (Å²) in [6.07, 6.45) is 9.19. The average molecular weight is 558 g/mol. The van der Waals surface area contributed by atoms with Crippen molar-refractivity contribution in [2.45, 2.75) is 116 Å². The molecule has 0 spiro atoms. The lowest BCUT2D eigenvalue weighted by atomic mass is 9.89. The fraction of sp³-hybridized carbons (Fsp3) is 0.955. The molecule has 2 aliphatic carbocycles. The Bertz CT molecular complexity index is 444. The second-order valence-corrected chi connectivity index (χ2v) is 9.70. The molecule has 0 radical (unpaired) electrons. The van der Waals surface area contributed by atoms with Gasteiger partial charge in [-0.1, -0.05) is 32.6 Å². The van der Waals surface area contributed by atoms with Gasteiger partial charge in [-0.05, 0) is 71.1 Å². The molecule has 0 aromatic heterocycles. The molecule has 0 aromatic carbocycles. The molecule has 0 amide bonds. The molecule has 5 nitrogen and oxygen atoms in total. The summed E-state index contributed by atoms with van der Waals surface area (Å²) in [5, 5.41) is 19.7. The van der Waals surface area contributed by atoms with Crippen molar-refractivity contribution in [3.63, 3.8) is 0 Å². The van der Waals surface area contributed by atoms with Gasteiger partial charge in [0.25, 0.3) is 0 Å². The molecule has 2 rings (SSSR count). The standard InChI is InChI=1S/C14H26O3.C8H17NO.ClH.4H2S/c1-10(9-12(15)17-14(2,3)4)13(16)11-7-5-6-8-11;1-6(9)8(10)7-4-2-3-5-7;;;;;/h10-11,13,16H,5-9H2,1-4H3;6-8,10H,2-5,9H2,1H3;1H;4*1H2/t10-,13+;6-,8-;;;;;/m01...../s1. The van der Waals surface area contributed by atoms with E-state index < -0.39 is 5.60 Å². The number of hydrogen-bond donors (Lipinski definition) is 3. The predicted octanol–water partition coefficient (Wildman–Crippen LogP) is 4.66. The first-order valence-corrected chi connectivity index (χ1v) is 10.8. The van der Waals surface area contributed by atoms with Crippen molar-refractivity contribution in [2.75, 3.05) is 0 Å². The van der Waals surface area contributed by atoms with Gasteiger partial charge in [0.2, 0.25) is 0 Å². The van der Waals surface area contributed by atoms with Crippen LogP contribution in [0.5, 0.6) is 0 Å². The number of rotatable bonds is 6. The van der Waals surface area contributed by atoms with Gasteiger partial charge in [0.15, 0.2) is 0 Å². The van der Waals surface area contributed by atoms with Crippen LogP contribution in [0.2, 0.25) is 0 Å². The number of nitrogens with two attached hydrogens (primary N) is 1. The van der Waals surface area contributed by atoms with E-state index in [2.05, 4.69) is 0 Å². The van der Waals surface area contributed by atoms with E-state index in [0.29, 0.717) is 18.3 Å². The van der Waals surface area contributed by atoms with Gasteiger partial charge in [-0.2, -0.15) is 54.0 Å². The largest absolute Gasteiger partial charge is 0.460 e. The van der Waals surface area contributed by atoms with Crippen LogP contribution in [0.3, 0.4) is 0 Å². The molecule has 2 saturated carbocycles. The number of aliphatic hydroxyl groups excluding tert-OH is 2. The average Bonchev–Trinajstić information content (AvgIpc) is 3.25. The quantitative estimate of drug-likeness (QED) is 0.413. The molecule has 0 aromatic rings. The van der Waals surface area contributed by atoms with E-state index in [0.717, 1.165) is 12.8 Å². The minimum Gasteiger partial charge on any atom is -0.460 e. The number of ether oxygens (including phenoxy) is 1. The number of carbonyl (C=O) groups excluding carboxylic acids is 1. The number of halogens is 1. The van der Waals surface area contributed by atoms with Crippen molar-refractivity contribution in [3.8, 4) is 0 Å². The zero-order valence-corrected chi connectivity index (χ0v) is 25.3. The molecule has 0 bridgehead atoms. The smallest absolute Gasteiger partial charge is 0.306 e. The molecule has 4 atom stereocenters. The molecule has 0 unspecified atom stereocenters. The lowest BCUT2D eigenvalue weighted by molar-refractivity contribution is -0.157. The number of carbonyl (C=O) groups is 1. The molecule has 32 heavy (non-hydrogen) atoms. The minimum absolute atomic E-state index is 0. The summed E-state index contributed by atoms with van der Waals surface area (Å²) in [6, 6.07) is -0.0527. The molecule has 10 heteroatoms. The van der Waals surface area contributed by atoms with Crippen molar-refractivity contribution >= 4 is 72.4 Å². The van der Waals surface area contributed by atoms with Gasteiger partial charge < -0.3 is 20.7 Å². The summed E-state index contributed by atoms with van der Waals surface area (Å²) in [4.78, 5) is 11.7. The van der Waals surface area contributed by atoms with E-state index in [9.17, 15) is 15.0 Å². The topological polar surface area (TPSA) is 92.8 Å². The van der Waals surface area contributed by atoms with Crippen LogP contribution in [0.4, 0.5) is 0 Å². The number of esters is 1. The summed E-state index contributed by atoms with van der Waals surface area (Å²) in [5.41, 5.74) is 5.13. The minimum atomic E-state index is -0.435. The van der Waals surface area contributed by atoms with E-state index >= 15 is 0 Å². The molecule has 2 aliphatic rings. The third-order valence-electron chi connectivity index (χ3n) is 5.80. The molecular formula is C22H52ClNO4S4. The van der Waals surface area contributed by atoms with Crippen molar-refractivity contribution in [1.29, 1.82) is 0 Å². The Morgan fingerprint density at radius 3 is 1.53 bits per heavy atom. The summed E-state index contributed by atoms with van der Waals surface area (Å²) in [7, 11) is 0. The Labute approximate surface area is 231 Å². The van der Waals surface area contributed by atoms with Crippen LogP contribution < -0.4 is 5.73 Å². The molecule has 4 N–H and O–H groups in total. The summed E-state index contributed by atoms with van der Waals surface area (Å²) >= 11 is 0. The molecule has 0 heterocycles. The van der Waals surface area contributed by atoms with Crippen molar-refractivity contribution < 1.29 is 19.7 Å². The van der Waals surface area contributed by atoms with Crippen LogP contribution in [0.1, 0.15) is 92.4 Å². The Morgan fingerprint density at radius 2 is 1.22 bits per heavy atom. The monoisotopic (exact) mass is 557 g/mol. The Balaban J connectivity index is -0.000000143. The van der Waals surface area contributed by atoms with Crippen molar-refractivity contribution in [1.82, 2.24) is 0 Å². The summed E-state index contributed by atoms with van der Waals surface area (Å²) in [5.74, 6) is 0.655. The van der Waals surface area contributed by atoms with Crippen LogP contribution in [0.15, 0.2) is 0 Å². The van der Waals surface area contributed by atoms with Crippen LogP contribution in [-0.2, 0) is 9.53 Å². The normalized spacial score (nSPS) is 19.6. The van der Waals surface area contributed by atoms with E-state index in [4.69, 9.17) is 10.5 Å². The fourth-order valence-corrected chi connectivity index (χ4v) is 4.26. The van der Waals surface area contributed by atoms with Crippen LogP contribution in [-0.4, -0.2) is 40.0 Å². The van der Waals surface area contributed by atoms with Gasteiger partial charge in [-0.25, -0.2) is 0 Å². The fourth-order valence-electron chi connectivity index (χ4n) is 4.26. The lowest BCUT2D eigenvalue weighted by Gasteiger charge is -2.25. The first-order valence-electron chi connectivity index (χ1n) is 10.8. The van der Waals surface area contributed by atoms with Crippen LogP contribution in [0.25, 0.3) is 0 Å². The molecule has 200 valence electrons. The molecule has 2 fully saturated rings. The Kier molecular flexibility index (Phi) is 28.8. The third kappa shape index (κ3) is 17.5. The van der Waals surface area contributed by atoms with Gasteiger partial charge in [-0.15, -0.1) is 12.4 Å².